The van der Waals surface area contributed by atoms with Crippen LogP contribution in [0.25, 0.3) is 11.0 Å². The fourth-order valence-electron chi connectivity index (χ4n) is 3.82. The van der Waals surface area contributed by atoms with Crippen LogP contribution in [0.4, 0.5) is 17.3 Å². The fourth-order valence-corrected chi connectivity index (χ4v) is 3.82. The zero-order valence-corrected chi connectivity index (χ0v) is 16.2. The third-order valence-electron chi connectivity index (χ3n) is 5.16. The molecule has 4 aromatic rings. The number of anilines is 3. The summed E-state index contributed by atoms with van der Waals surface area (Å²) < 4.78 is 18.3. The summed E-state index contributed by atoms with van der Waals surface area (Å²) in [5.74, 6) is 2.21. The van der Waals surface area contributed by atoms with Crippen molar-refractivity contribution >= 4 is 28.2 Å². The Balaban J connectivity index is 1.84. The van der Waals surface area contributed by atoms with Crippen LogP contribution in [0.15, 0.2) is 65.1 Å². The first kappa shape index (κ1) is 16.8. The predicted octanol–water partition coefficient (Wildman–Crippen LogP) is 6.42. The van der Waals surface area contributed by atoms with Gasteiger partial charge in [0.25, 0.3) is 0 Å². The molecular formula is C24H21NO3. The number of nitrogens with zero attached hydrogens (tertiary/aromatic N) is 1. The van der Waals surface area contributed by atoms with E-state index in [0.717, 1.165) is 39.4 Å². The maximum Gasteiger partial charge on any atom is 0.248 e. The van der Waals surface area contributed by atoms with E-state index < -0.39 is 0 Å². The van der Waals surface area contributed by atoms with Gasteiger partial charge in [0.2, 0.25) is 5.88 Å². The van der Waals surface area contributed by atoms with E-state index in [4.69, 9.17) is 13.9 Å². The second-order valence-electron chi connectivity index (χ2n) is 7.16. The molecule has 1 aliphatic rings. The van der Waals surface area contributed by atoms with Crippen LogP contribution in [0.5, 0.6) is 11.5 Å². The lowest BCUT2D eigenvalue weighted by Crippen LogP contribution is -2.11. The molecular weight excluding hydrogens is 350 g/mol. The van der Waals surface area contributed by atoms with Crippen LogP contribution in [-0.2, 0) is 6.61 Å². The zero-order valence-electron chi connectivity index (χ0n) is 16.2. The minimum absolute atomic E-state index is 0.484. The Morgan fingerprint density at radius 3 is 2.54 bits per heavy atom. The van der Waals surface area contributed by atoms with Crippen LogP contribution < -0.4 is 14.4 Å². The average molecular weight is 371 g/mol. The molecule has 0 saturated heterocycles. The number of benzene rings is 3. The van der Waals surface area contributed by atoms with Gasteiger partial charge in [0.1, 0.15) is 17.9 Å². The third-order valence-corrected chi connectivity index (χ3v) is 5.16. The van der Waals surface area contributed by atoms with Gasteiger partial charge in [-0.1, -0.05) is 41.5 Å². The molecule has 4 heteroatoms. The van der Waals surface area contributed by atoms with Gasteiger partial charge in [0, 0.05) is 5.56 Å². The molecule has 28 heavy (non-hydrogen) atoms. The highest BCUT2D eigenvalue weighted by molar-refractivity contribution is 5.95. The maximum atomic E-state index is 6.32. The normalized spacial score (nSPS) is 12.9. The standard InChI is InChI=1S/C24H21NO3/c1-15-8-10-19-17(12-15)14-27-23-18-13-16(2)9-11-21(18)28-24(23)25(19)20-6-4-5-7-22(20)26-3/h4-13H,14H2,1-3H3. The largest absolute Gasteiger partial charge is 0.495 e. The molecule has 0 spiro atoms. The molecule has 5 rings (SSSR count). The lowest BCUT2D eigenvalue weighted by atomic mass is 10.1. The molecule has 3 aromatic carbocycles. The van der Waals surface area contributed by atoms with Crippen molar-refractivity contribution < 1.29 is 13.9 Å². The van der Waals surface area contributed by atoms with Crippen LogP contribution in [-0.4, -0.2) is 7.11 Å². The van der Waals surface area contributed by atoms with Crippen LogP contribution in [0.2, 0.25) is 0 Å². The van der Waals surface area contributed by atoms with E-state index in [1.54, 1.807) is 7.11 Å². The van der Waals surface area contributed by atoms with Crippen LogP contribution in [0.1, 0.15) is 16.7 Å². The van der Waals surface area contributed by atoms with E-state index in [1.165, 1.54) is 11.1 Å². The van der Waals surface area contributed by atoms with Gasteiger partial charge in [-0.25, -0.2) is 0 Å². The minimum atomic E-state index is 0.484. The van der Waals surface area contributed by atoms with Crippen LogP contribution in [0, 0.1) is 13.8 Å². The maximum absolute atomic E-state index is 6.32. The monoisotopic (exact) mass is 371 g/mol. The third kappa shape index (κ3) is 2.53. The second kappa shape index (κ2) is 6.34. The fraction of sp³-hybridized carbons (Fsp3) is 0.167. The number of para-hydroxylation sites is 2. The molecule has 140 valence electrons. The Labute approximate surface area is 163 Å². The van der Waals surface area contributed by atoms with Crippen molar-refractivity contribution in [1.82, 2.24) is 0 Å². The van der Waals surface area contributed by atoms with Crippen molar-refractivity contribution in [2.45, 2.75) is 20.5 Å². The van der Waals surface area contributed by atoms with Gasteiger partial charge < -0.3 is 13.9 Å². The summed E-state index contributed by atoms with van der Waals surface area (Å²) in [6.45, 7) is 4.65. The summed E-state index contributed by atoms with van der Waals surface area (Å²) in [5.41, 5.74) is 6.23. The number of hydrogen-bond acceptors (Lipinski definition) is 4. The zero-order chi connectivity index (χ0) is 19.3. The quantitative estimate of drug-likeness (QED) is 0.407. The van der Waals surface area contributed by atoms with Crippen molar-refractivity contribution in [3.8, 4) is 11.5 Å². The van der Waals surface area contributed by atoms with E-state index in [2.05, 4.69) is 49.1 Å². The predicted molar refractivity (Wildman–Crippen MR) is 111 cm³/mol. The Morgan fingerprint density at radius 1 is 0.893 bits per heavy atom. The second-order valence-corrected chi connectivity index (χ2v) is 7.16. The first-order chi connectivity index (χ1) is 13.7. The van der Waals surface area contributed by atoms with Gasteiger partial charge >= 0.3 is 0 Å². The molecule has 0 fully saturated rings. The van der Waals surface area contributed by atoms with Gasteiger partial charge in [0.05, 0.1) is 23.9 Å². The summed E-state index contributed by atoms with van der Waals surface area (Å²) >= 11 is 0. The molecule has 2 heterocycles. The van der Waals surface area contributed by atoms with Gasteiger partial charge in [-0.05, 0) is 44.2 Å². The van der Waals surface area contributed by atoms with Crippen molar-refractivity contribution in [2.24, 2.45) is 0 Å². The van der Waals surface area contributed by atoms with Gasteiger partial charge in [-0.2, -0.15) is 0 Å². The van der Waals surface area contributed by atoms with Crippen LogP contribution >= 0.6 is 0 Å². The summed E-state index contributed by atoms with van der Waals surface area (Å²) in [7, 11) is 1.69. The Hall–Kier alpha value is -3.40. The van der Waals surface area contributed by atoms with E-state index >= 15 is 0 Å². The molecule has 0 saturated carbocycles. The number of aryl methyl sites for hydroxylation is 2. The number of methoxy groups -OCH3 is 1. The first-order valence-electron chi connectivity index (χ1n) is 9.34. The van der Waals surface area contributed by atoms with E-state index in [-0.39, 0.29) is 0 Å². The Kier molecular flexibility index (Phi) is 3.79. The summed E-state index contributed by atoms with van der Waals surface area (Å²) in [6.07, 6.45) is 0. The summed E-state index contributed by atoms with van der Waals surface area (Å²) in [6, 6.07) is 20.5. The SMILES string of the molecule is COc1ccccc1N1c2ccc(C)cc2COc2c1oc1ccc(C)cc21. The topological polar surface area (TPSA) is 34.8 Å². The number of fused-ring (bicyclic) bond motifs is 4. The molecule has 1 aliphatic heterocycles. The van der Waals surface area contributed by atoms with Gasteiger partial charge in [0.15, 0.2) is 5.75 Å². The molecule has 4 nitrogen and oxygen atoms in total. The smallest absolute Gasteiger partial charge is 0.248 e. The molecule has 0 atom stereocenters. The molecule has 0 N–H and O–H groups in total. The molecule has 0 unspecified atom stereocenters. The Morgan fingerprint density at radius 2 is 1.68 bits per heavy atom. The Bertz CT molecular complexity index is 1190. The van der Waals surface area contributed by atoms with Crippen molar-refractivity contribution in [2.75, 3.05) is 12.0 Å². The highest BCUT2D eigenvalue weighted by Crippen LogP contribution is 2.51. The highest BCUT2D eigenvalue weighted by atomic mass is 16.5. The lowest BCUT2D eigenvalue weighted by molar-refractivity contribution is 0.311. The lowest BCUT2D eigenvalue weighted by Gasteiger charge is -2.24. The first-order valence-corrected chi connectivity index (χ1v) is 9.34. The molecule has 0 radical (unpaired) electrons. The molecule has 0 bridgehead atoms. The molecule has 1 aromatic heterocycles. The van der Waals surface area contributed by atoms with Gasteiger partial charge in [-0.3, -0.25) is 4.90 Å². The summed E-state index contributed by atoms with van der Waals surface area (Å²) in [4.78, 5) is 2.10. The number of rotatable bonds is 2. The van der Waals surface area contributed by atoms with Gasteiger partial charge in [-0.15, -0.1) is 0 Å². The minimum Gasteiger partial charge on any atom is -0.495 e. The number of hydrogen-bond donors (Lipinski definition) is 0. The van der Waals surface area contributed by atoms with Crippen LogP contribution in [0.3, 0.4) is 0 Å². The average Bonchev–Trinajstić information content (AvgIpc) is 2.97. The summed E-state index contributed by atoms with van der Waals surface area (Å²) in [5, 5.41) is 0.986. The van der Waals surface area contributed by atoms with E-state index in [0.29, 0.717) is 12.5 Å². The van der Waals surface area contributed by atoms with Crippen molar-refractivity contribution in [3.63, 3.8) is 0 Å². The number of furan rings is 1. The molecule has 0 amide bonds. The van der Waals surface area contributed by atoms with E-state index in [1.807, 2.05) is 30.3 Å². The number of ether oxygens (including phenoxy) is 2. The van der Waals surface area contributed by atoms with E-state index in [9.17, 15) is 0 Å². The molecule has 0 aliphatic carbocycles. The van der Waals surface area contributed by atoms with Crippen molar-refractivity contribution in [1.29, 1.82) is 0 Å². The van der Waals surface area contributed by atoms with Crippen molar-refractivity contribution in [3.05, 3.63) is 77.4 Å². The highest BCUT2D eigenvalue weighted by Gasteiger charge is 2.30.